The summed E-state index contributed by atoms with van der Waals surface area (Å²) in [6.45, 7) is 7.48. The summed E-state index contributed by atoms with van der Waals surface area (Å²) in [7, 11) is -2.82. The molecule has 2 unspecified atom stereocenters. The molecule has 0 aromatic carbocycles. The fourth-order valence-corrected chi connectivity index (χ4v) is 6.87. The summed E-state index contributed by atoms with van der Waals surface area (Å²) in [6, 6.07) is 0.542. The van der Waals surface area contributed by atoms with Gasteiger partial charge in [-0.05, 0) is 49.9 Å². The van der Waals surface area contributed by atoms with Gasteiger partial charge in [0.15, 0.2) is 15.8 Å². The third-order valence-electron chi connectivity index (χ3n) is 6.45. The van der Waals surface area contributed by atoms with Gasteiger partial charge < -0.3 is 10.2 Å². The summed E-state index contributed by atoms with van der Waals surface area (Å²) in [5.74, 6) is 1.91. The number of hydrogen-bond acceptors (Lipinski definition) is 3. The lowest BCUT2D eigenvalue weighted by atomic mass is 9.78. The van der Waals surface area contributed by atoms with Crippen LogP contribution in [-0.4, -0.2) is 56.5 Å². The Kier molecular flexibility index (Phi) is 6.52. The van der Waals surface area contributed by atoms with E-state index < -0.39 is 9.84 Å². The predicted octanol–water partition coefficient (Wildman–Crippen LogP) is 3.21. The van der Waals surface area contributed by atoms with Crippen LogP contribution in [0.1, 0.15) is 71.6 Å². The van der Waals surface area contributed by atoms with Crippen LogP contribution in [0.3, 0.4) is 0 Å². The molecule has 26 heavy (non-hydrogen) atoms. The molecule has 2 heterocycles. The summed E-state index contributed by atoms with van der Waals surface area (Å²) in [5.41, 5.74) is 0.377. The number of nitrogens with one attached hydrogen (secondary N) is 1. The standard InChI is InChI=1S/C20H37N3O2S/c1-3-10-20(2)11-6-12-23(16-20)19(22-18-7-4-5-8-18)21-14-17-9-13-26(24,25)15-17/h17-18H,3-16H2,1-2H3,(H,21,22). The number of aliphatic imine (C=N–C) groups is 1. The molecule has 1 saturated carbocycles. The van der Waals surface area contributed by atoms with Crippen LogP contribution >= 0.6 is 0 Å². The van der Waals surface area contributed by atoms with Crippen molar-refractivity contribution in [3.8, 4) is 0 Å². The Morgan fingerprint density at radius 2 is 2.00 bits per heavy atom. The molecule has 2 saturated heterocycles. The van der Waals surface area contributed by atoms with Gasteiger partial charge in [-0.25, -0.2) is 8.42 Å². The highest BCUT2D eigenvalue weighted by Gasteiger charge is 2.33. The van der Waals surface area contributed by atoms with E-state index in [2.05, 4.69) is 24.1 Å². The Balaban J connectivity index is 1.68. The number of sulfone groups is 1. The van der Waals surface area contributed by atoms with E-state index in [0.717, 1.165) is 25.5 Å². The highest BCUT2D eigenvalue weighted by atomic mass is 32.2. The van der Waals surface area contributed by atoms with Crippen molar-refractivity contribution in [2.24, 2.45) is 16.3 Å². The first kappa shape index (κ1) is 20.0. The second-order valence-corrected chi connectivity index (χ2v) is 11.4. The number of piperidine rings is 1. The van der Waals surface area contributed by atoms with Crippen LogP contribution < -0.4 is 5.32 Å². The maximum absolute atomic E-state index is 11.7. The summed E-state index contributed by atoms with van der Waals surface area (Å²) < 4.78 is 23.5. The zero-order chi connectivity index (χ0) is 18.6. The van der Waals surface area contributed by atoms with Gasteiger partial charge in [0, 0.05) is 25.7 Å². The highest BCUT2D eigenvalue weighted by molar-refractivity contribution is 7.91. The van der Waals surface area contributed by atoms with Crippen LogP contribution in [0.2, 0.25) is 0 Å². The molecule has 2 aliphatic heterocycles. The molecule has 0 aromatic rings. The van der Waals surface area contributed by atoms with Crippen LogP contribution in [0.25, 0.3) is 0 Å². The maximum atomic E-state index is 11.7. The van der Waals surface area contributed by atoms with Gasteiger partial charge in [-0.3, -0.25) is 4.99 Å². The monoisotopic (exact) mass is 383 g/mol. The van der Waals surface area contributed by atoms with E-state index in [9.17, 15) is 8.42 Å². The first-order valence-electron chi connectivity index (χ1n) is 10.7. The summed E-state index contributed by atoms with van der Waals surface area (Å²) >= 11 is 0. The lowest BCUT2D eigenvalue weighted by Crippen LogP contribution is -2.52. The summed E-state index contributed by atoms with van der Waals surface area (Å²) in [5, 5.41) is 3.74. The molecule has 150 valence electrons. The minimum Gasteiger partial charge on any atom is -0.354 e. The van der Waals surface area contributed by atoms with E-state index in [1.54, 1.807) is 0 Å². The predicted molar refractivity (Wildman–Crippen MR) is 108 cm³/mol. The molecule has 6 heteroatoms. The average Bonchev–Trinajstić information content (AvgIpc) is 3.20. The molecule has 0 spiro atoms. The van der Waals surface area contributed by atoms with Crippen LogP contribution in [-0.2, 0) is 9.84 Å². The van der Waals surface area contributed by atoms with Gasteiger partial charge in [-0.15, -0.1) is 0 Å². The zero-order valence-corrected chi connectivity index (χ0v) is 17.5. The molecule has 5 nitrogen and oxygen atoms in total. The fourth-order valence-electron chi connectivity index (χ4n) is 5.03. The molecule has 3 fully saturated rings. The van der Waals surface area contributed by atoms with Gasteiger partial charge in [0.25, 0.3) is 0 Å². The van der Waals surface area contributed by atoms with E-state index in [0.29, 0.717) is 29.5 Å². The van der Waals surface area contributed by atoms with Crippen LogP contribution in [0.5, 0.6) is 0 Å². The van der Waals surface area contributed by atoms with E-state index >= 15 is 0 Å². The van der Waals surface area contributed by atoms with E-state index in [4.69, 9.17) is 4.99 Å². The fraction of sp³-hybridized carbons (Fsp3) is 0.950. The zero-order valence-electron chi connectivity index (χ0n) is 16.7. The van der Waals surface area contributed by atoms with Gasteiger partial charge in [0.1, 0.15) is 0 Å². The second-order valence-electron chi connectivity index (χ2n) is 9.14. The minimum atomic E-state index is -2.82. The molecule has 0 aromatic heterocycles. The molecule has 0 amide bonds. The maximum Gasteiger partial charge on any atom is 0.194 e. The van der Waals surface area contributed by atoms with E-state index in [1.165, 1.54) is 51.4 Å². The van der Waals surface area contributed by atoms with Crippen LogP contribution in [0.15, 0.2) is 4.99 Å². The summed E-state index contributed by atoms with van der Waals surface area (Å²) in [6.07, 6.45) is 10.9. The highest BCUT2D eigenvalue weighted by Crippen LogP contribution is 2.34. The number of guanidine groups is 1. The van der Waals surface area contributed by atoms with Gasteiger partial charge in [-0.1, -0.05) is 33.1 Å². The smallest absolute Gasteiger partial charge is 0.194 e. The molecule has 2 atom stereocenters. The van der Waals surface area contributed by atoms with Crippen molar-refractivity contribution in [3.05, 3.63) is 0 Å². The van der Waals surface area contributed by atoms with Crippen molar-refractivity contribution in [2.45, 2.75) is 77.7 Å². The second kappa shape index (κ2) is 8.49. The average molecular weight is 384 g/mol. The quantitative estimate of drug-likeness (QED) is 0.585. The first-order chi connectivity index (χ1) is 12.4. The molecular formula is C20H37N3O2S. The molecule has 0 radical (unpaired) electrons. The minimum absolute atomic E-state index is 0.201. The lowest BCUT2D eigenvalue weighted by Gasteiger charge is -2.42. The van der Waals surface area contributed by atoms with Crippen molar-refractivity contribution in [1.82, 2.24) is 10.2 Å². The Morgan fingerprint density at radius 1 is 1.23 bits per heavy atom. The first-order valence-corrected chi connectivity index (χ1v) is 12.5. The molecule has 3 aliphatic rings. The third kappa shape index (κ3) is 5.37. The van der Waals surface area contributed by atoms with Gasteiger partial charge >= 0.3 is 0 Å². The normalized spacial score (nSPS) is 32.9. The molecule has 1 aliphatic carbocycles. The molecule has 1 N–H and O–H groups in total. The molecular weight excluding hydrogens is 346 g/mol. The largest absolute Gasteiger partial charge is 0.354 e. The molecule has 3 rings (SSSR count). The Morgan fingerprint density at radius 3 is 2.65 bits per heavy atom. The third-order valence-corrected chi connectivity index (χ3v) is 8.29. The van der Waals surface area contributed by atoms with Gasteiger partial charge in [0.2, 0.25) is 0 Å². The number of likely N-dealkylation sites (tertiary alicyclic amines) is 1. The number of rotatable bonds is 5. The Labute approximate surface area is 159 Å². The number of nitrogens with zero attached hydrogens (tertiary/aromatic N) is 2. The van der Waals surface area contributed by atoms with Gasteiger partial charge in [0.05, 0.1) is 11.5 Å². The van der Waals surface area contributed by atoms with Crippen molar-refractivity contribution in [1.29, 1.82) is 0 Å². The molecule has 0 bridgehead atoms. The Bertz CT molecular complexity index is 594. The van der Waals surface area contributed by atoms with Crippen molar-refractivity contribution < 1.29 is 8.42 Å². The van der Waals surface area contributed by atoms with E-state index in [-0.39, 0.29) is 5.92 Å². The lowest BCUT2D eigenvalue weighted by molar-refractivity contribution is 0.141. The number of hydrogen-bond donors (Lipinski definition) is 1. The van der Waals surface area contributed by atoms with Crippen LogP contribution in [0, 0.1) is 11.3 Å². The van der Waals surface area contributed by atoms with Crippen LogP contribution in [0.4, 0.5) is 0 Å². The summed E-state index contributed by atoms with van der Waals surface area (Å²) in [4.78, 5) is 7.41. The van der Waals surface area contributed by atoms with Gasteiger partial charge in [-0.2, -0.15) is 0 Å². The van der Waals surface area contributed by atoms with E-state index in [1.807, 2.05) is 0 Å². The van der Waals surface area contributed by atoms with Crippen molar-refractivity contribution in [2.75, 3.05) is 31.1 Å². The SMILES string of the molecule is CCCC1(C)CCCN(C(=NCC2CCS(=O)(=O)C2)NC2CCCC2)C1. The van der Waals surface area contributed by atoms with Crippen molar-refractivity contribution >= 4 is 15.8 Å². The topological polar surface area (TPSA) is 61.8 Å². The van der Waals surface area contributed by atoms with Crippen molar-refractivity contribution in [3.63, 3.8) is 0 Å². The Hall–Kier alpha value is -0.780.